The summed E-state index contributed by atoms with van der Waals surface area (Å²) in [5.41, 5.74) is 3.26. The van der Waals surface area contributed by atoms with E-state index >= 15 is 4.39 Å². The van der Waals surface area contributed by atoms with Gasteiger partial charge in [-0.1, -0.05) is 12.1 Å². The standard InChI is InChI=1S/C24H23F3N4O4S/c25-20-13-17(22-28-29-23(35-22)21(26)27)4-5-18(20)14-31(19-7-6-15-2-1-3-16(15)12-19)24(32)30-8-10-36(33,34)11-9-30/h4-7,12-13,21H,1-3,8-11,14H2. The number of aryl methyl sites for hydroxylation is 2. The number of amides is 2. The molecule has 1 saturated heterocycles. The maximum absolute atomic E-state index is 15.1. The van der Waals surface area contributed by atoms with E-state index in [0.29, 0.717) is 5.69 Å². The number of alkyl halides is 2. The van der Waals surface area contributed by atoms with Gasteiger partial charge in [-0.15, -0.1) is 10.2 Å². The van der Waals surface area contributed by atoms with Crippen molar-refractivity contribution in [2.24, 2.45) is 0 Å². The summed E-state index contributed by atoms with van der Waals surface area (Å²) in [5.74, 6) is -2.01. The lowest BCUT2D eigenvalue weighted by atomic mass is 10.1. The van der Waals surface area contributed by atoms with Gasteiger partial charge in [0.25, 0.3) is 5.89 Å². The summed E-state index contributed by atoms with van der Waals surface area (Å²) in [6.45, 7) is 0.0143. The summed E-state index contributed by atoms with van der Waals surface area (Å²) in [5, 5.41) is 6.79. The van der Waals surface area contributed by atoms with E-state index in [-0.39, 0.29) is 48.2 Å². The molecule has 2 amide bonds. The van der Waals surface area contributed by atoms with Crippen LogP contribution in [-0.2, 0) is 29.2 Å². The summed E-state index contributed by atoms with van der Waals surface area (Å²) in [6.07, 6.45) is -0.0596. The highest BCUT2D eigenvalue weighted by atomic mass is 32.2. The van der Waals surface area contributed by atoms with E-state index in [1.807, 2.05) is 18.2 Å². The lowest BCUT2D eigenvalue weighted by molar-refractivity contribution is 0.116. The molecule has 12 heteroatoms. The molecule has 2 aromatic carbocycles. The first kappa shape index (κ1) is 24.3. The van der Waals surface area contributed by atoms with Gasteiger partial charge in [-0.2, -0.15) is 8.78 Å². The zero-order valence-electron chi connectivity index (χ0n) is 19.2. The van der Waals surface area contributed by atoms with Crippen LogP contribution >= 0.6 is 0 Å². The third kappa shape index (κ3) is 4.95. The molecule has 36 heavy (non-hydrogen) atoms. The van der Waals surface area contributed by atoms with E-state index in [0.717, 1.165) is 30.9 Å². The topological polar surface area (TPSA) is 96.6 Å². The van der Waals surface area contributed by atoms with Crippen LogP contribution in [-0.4, -0.2) is 54.1 Å². The molecule has 1 aliphatic heterocycles. The van der Waals surface area contributed by atoms with Crippen LogP contribution in [0.25, 0.3) is 11.5 Å². The summed E-state index contributed by atoms with van der Waals surface area (Å²) >= 11 is 0. The van der Waals surface area contributed by atoms with E-state index in [4.69, 9.17) is 4.42 Å². The molecule has 3 aromatic rings. The van der Waals surface area contributed by atoms with Gasteiger partial charge >= 0.3 is 12.5 Å². The third-order valence-electron chi connectivity index (χ3n) is 6.50. The van der Waals surface area contributed by atoms with Crippen molar-refractivity contribution in [3.63, 3.8) is 0 Å². The van der Waals surface area contributed by atoms with Crippen molar-refractivity contribution < 1.29 is 30.8 Å². The van der Waals surface area contributed by atoms with E-state index in [1.54, 1.807) is 0 Å². The number of nitrogens with zero attached hydrogens (tertiary/aromatic N) is 4. The molecular formula is C24H23F3N4O4S. The lowest BCUT2D eigenvalue weighted by Crippen LogP contribution is -2.49. The van der Waals surface area contributed by atoms with Crippen LogP contribution in [0.1, 0.15) is 35.4 Å². The van der Waals surface area contributed by atoms with Crippen molar-refractivity contribution in [1.82, 2.24) is 15.1 Å². The van der Waals surface area contributed by atoms with Crippen LogP contribution in [0.3, 0.4) is 0 Å². The van der Waals surface area contributed by atoms with Crippen molar-refractivity contribution in [2.75, 3.05) is 29.5 Å². The van der Waals surface area contributed by atoms with Gasteiger partial charge < -0.3 is 9.32 Å². The molecular weight excluding hydrogens is 497 g/mol. The van der Waals surface area contributed by atoms with E-state index in [2.05, 4.69) is 10.2 Å². The average Bonchev–Trinajstić information content (AvgIpc) is 3.52. The number of aromatic nitrogens is 2. The quantitative estimate of drug-likeness (QED) is 0.501. The van der Waals surface area contributed by atoms with Crippen molar-refractivity contribution in [3.8, 4) is 11.5 Å². The molecule has 2 aliphatic rings. The highest BCUT2D eigenvalue weighted by Gasteiger charge is 2.30. The molecule has 1 fully saturated rings. The highest BCUT2D eigenvalue weighted by molar-refractivity contribution is 7.91. The summed E-state index contributed by atoms with van der Waals surface area (Å²) in [4.78, 5) is 16.4. The molecule has 1 aromatic heterocycles. The van der Waals surface area contributed by atoms with Gasteiger partial charge in [-0.25, -0.2) is 17.6 Å². The summed E-state index contributed by atoms with van der Waals surface area (Å²) in [6, 6.07) is 9.29. The Kier molecular flexibility index (Phi) is 6.45. The first-order valence-electron chi connectivity index (χ1n) is 11.5. The second kappa shape index (κ2) is 9.57. The van der Waals surface area contributed by atoms with Crippen LogP contribution in [0.2, 0.25) is 0 Å². The number of halogens is 3. The number of fused-ring (bicyclic) bond motifs is 1. The van der Waals surface area contributed by atoms with Gasteiger partial charge in [-0.05, 0) is 54.7 Å². The summed E-state index contributed by atoms with van der Waals surface area (Å²) in [7, 11) is -3.19. The molecule has 8 nitrogen and oxygen atoms in total. The number of carbonyl (C=O) groups excluding carboxylic acids is 1. The van der Waals surface area contributed by atoms with Crippen LogP contribution in [0, 0.1) is 5.82 Å². The minimum Gasteiger partial charge on any atom is -0.415 e. The number of rotatable bonds is 5. The number of hydrogen-bond acceptors (Lipinski definition) is 6. The molecule has 190 valence electrons. The SMILES string of the molecule is O=C(N1CCS(=O)(=O)CC1)N(Cc1ccc(-c2nnc(C(F)F)o2)cc1F)c1ccc2c(c1)CCC2. The molecule has 5 rings (SSSR count). The van der Waals surface area contributed by atoms with Crippen LogP contribution in [0.5, 0.6) is 0 Å². The monoisotopic (exact) mass is 520 g/mol. The molecule has 1 aliphatic carbocycles. The third-order valence-corrected chi connectivity index (χ3v) is 8.10. The molecule has 0 unspecified atom stereocenters. The molecule has 0 N–H and O–H groups in total. The largest absolute Gasteiger partial charge is 0.415 e. The Morgan fingerprint density at radius 2 is 1.81 bits per heavy atom. The fourth-order valence-electron chi connectivity index (χ4n) is 4.49. The lowest BCUT2D eigenvalue weighted by Gasteiger charge is -2.33. The number of sulfone groups is 1. The van der Waals surface area contributed by atoms with Crippen LogP contribution in [0.15, 0.2) is 40.8 Å². The van der Waals surface area contributed by atoms with Gasteiger partial charge in [0.15, 0.2) is 9.84 Å². The number of hydrogen-bond donors (Lipinski definition) is 0. The Morgan fingerprint density at radius 3 is 2.50 bits per heavy atom. The van der Waals surface area contributed by atoms with Crippen LogP contribution < -0.4 is 4.90 Å². The number of urea groups is 1. The van der Waals surface area contributed by atoms with Crippen molar-refractivity contribution in [3.05, 3.63) is 64.8 Å². The van der Waals surface area contributed by atoms with E-state index in [9.17, 15) is 22.0 Å². The highest BCUT2D eigenvalue weighted by Crippen LogP contribution is 2.30. The Balaban J connectivity index is 1.44. The zero-order valence-corrected chi connectivity index (χ0v) is 20.0. The zero-order chi connectivity index (χ0) is 25.4. The van der Waals surface area contributed by atoms with Gasteiger partial charge in [0.2, 0.25) is 5.89 Å². The van der Waals surface area contributed by atoms with Crippen LogP contribution in [0.4, 0.5) is 23.7 Å². The number of anilines is 1. The fraction of sp³-hybridized carbons (Fsp3) is 0.375. The molecule has 0 atom stereocenters. The molecule has 0 saturated carbocycles. The Hall–Kier alpha value is -3.41. The van der Waals surface area contributed by atoms with Crippen molar-refractivity contribution in [1.29, 1.82) is 0 Å². The Bertz CT molecular complexity index is 1400. The molecule has 2 heterocycles. The van der Waals surface area contributed by atoms with E-state index in [1.165, 1.54) is 27.5 Å². The van der Waals surface area contributed by atoms with Crippen molar-refractivity contribution >= 4 is 21.6 Å². The van der Waals surface area contributed by atoms with Gasteiger partial charge in [0.05, 0.1) is 18.1 Å². The predicted octanol–water partition coefficient (Wildman–Crippen LogP) is 4.16. The first-order valence-corrected chi connectivity index (χ1v) is 13.3. The number of carbonyl (C=O) groups is 1. The normalized spacial score (nSPS) is 16.8. The Morgan fingerprint density at radius 1 is 1.06 bits per heavy atom. The number of benzene rings is 2. The first-order chi connectivity index (χ1) is 17.2. The molecule has 0 radical (unpaired) electrons. The second-order valence-electron chi connectivity index (χ2n) is 8.87. The Labute approximate surface area is 205 Å². The van der Waals surface area contributed by atoms with Crippen molar-refractivity contribution in [2.45, 2.75) is 32.2 Å². The average molecular weight is 521 g/mol. The second-order valence-corrected chi connectivity index (χ2v) is 11.2. The van der Waals surface area contributed by atoms with E-state index < -0.39 is 34.0 Å². The predicted molar refractivity (Wildman–Crippen MR) is 125 cm³/mol. The minimum absolute atomic E-state index is 0.0632. The van der Waals surface area contributed by atoms with Gasteiger partial charge in [0.1, 0.15) is 5.82 Å². The van der Waals surface area contributed by atoms with Gasteiger partial charge in [0, 0.05) is 29.9 Å². The smallest absolute Gasteiger partial charge is 0.324 e. The van der Waals surface area contributed by atoms with Gasteiger partial charge in [-0.3, -0.25) is 4.90 Å². The minimum atomic E-state index is -3.19. The molecule has 0 spiro atoms. The maximum atomic E-state index is 15.1. The molecule has 0 bridgehead atoms. The fourth-order valence-corrected chi connectivity index (χ4v) is 5.69. The maximum Gasteiger partial charge on any atom is 0.324 e. The summed E-state index contributed by atoms with van der Waals surface area (Å²) < 4.78 is 69.2.